The van der Waals surface area contributed by atoms with Crippen molar-refractivity contribution < 1.29 is 4.74 Å². The van der Waals surface area contributed by atoms with Gasteiger partial charge in [0.05, 0.1) is 6.10 Å². The fourth-order valence-corrected chi connectivity index (χ4v) is 1.89. The molecule has 0 radical (unpaired) electrons. The second-order valence-corrected chi connectivity index (χ2v) is 3.50. The van der Waals surface area contributed by atoms with E-state index in [1.54, 1.807) is 0 Å². The van der Waals surface area contributed by atoms with Crippen LogP contribution in [0.25, 0.3) is 0 Å². The van der Waals surface area contributed by atoms with Gasteiger partial charge in [-0.3, -0.25) is 0 Å². The van der Waals surface area contributed by atoms with Crippen LogP contribution in [0.3, 0.4) is 0 Å². The third-order valence-electron chi connectivity index (χ3n) is 2.45. The van der Waals surface area contributed by atoms with Crippen molar-refractivity contribution in [1.29, 1.82) is 0 Å². The second kappa shape index (κ2) is 5.55. The largest absolute Gasteiger partial charge is 0.377 e. The molecule has 2 unspecified atom stereocenters. The van der Waals surface area contributed by atoms with E-state index in [0.29, 0.717) is 12.1 Å². The molecule has 0 bridgehead atoms. The van der Waals surface area contributed by atoms with Crippen molar-refractivity contribution in [2.45, 2.75) is 51.7 Å². The topological polar surface area (TPSA) is 21.3 Å². The van der Waals surface area contributed by atoms with Gasteiger partial charge in [0.2, 0.25) is 0 Å². The maximum absolute atomic E-state index is 5.75. The quantitative estimate of drug-likeness (QED) is 0.682. The van der Waals surface area contributed by atoms with E-state index in [4.69, 9.17) is 4.74 Å². The maximum atomic E-state index is 5.75. The number of hydrogen-bond acceptors (Lipinski definition) is 2. The van der Waals surface area contributed by atoms with E-state index >= 15 is 0 Å². The average molecular weight is 171 g/mol. The lowest BCUT2D eigenvalue weighted by atomic mass is 10.2. The van der Waals surface area contributed by atoms with Crippen LogP contribution in [0.2, 0.25) is 0 Å². The Bertz CT molecular complexity index is 116. The van der Waals surface area contributed by atoms with Gasteiger partial charge in [-0.05, 0) is 32.2 Å². The fraction of sp³-hybridized carbons (Fsp3) is 1.00. The molecule has 2 atom stereocenters. The van der Waals surface area contributed by atoms with E-state index in [-0.39, 0.29) is 0 Å². The fourth-order valence-electron chi connectivity index (χ4n) is 1.89. The summed E-state index contributed by atoms with van der Waals surface area (Å²) in [5.74, 6) is 0. The van der Waals surface area contributed by atoms with E-state index in [2.05, 4.69) is 19.2 Å². The third-order valence-corrected chi connectivity index (χ3v) is 2.45. The monoisotopic (exact) mass is 171 g/mol. The zero-order chi connectivity index (χ0) is 8.81. The normalized spacial score (nSPS) is 29.5. The van der Waals surface area contributed by atoms with Gasteiger partial charge in [-0.2, -0.15) is 0 Å². The highest BCUT2D eigenvalue weighted by Crippen LogP contribution is 2.21. The van der Waals surface area contributed by atoms with Crippen molar-refractivity contribution in [2.75, 3.05) is 13.2 Å². The van der Waals surface area contributed by atoms with Crippen LogP contribution < -0.4 is 5.32 Å². The van der Waals surface area contributed by atoms with E-state index in [9.17, 15) is 0 Å². The summed E-state index contributed by atoms with van der Waals surface area (Å²) in [4.78, 5) is 0. The van der Waals surface area contributed by atoms with Crippen molar-refractivity contribution >= 4 is 0 Å². The van der Waals surface area contributed by atoms with Crippen molar-refractivity contribution in [2.24, 2.45) is 0 Å². The number of nitrogens with one attached hydrogen (secondary N) is 1. The molecule has 1 aliphatic rings. The predicted octanol–water partition coefficient (Wildman–Crippen LogP) is 1.94. The van der Waals surface area contributed by atoms with Crippen molar-refractivity contribution in [3.63, 3.8) is 0 Å². The zero-order valence-corrected chi connectivity index (χ0v) is 8.31. The smallest absolute Gasteiger partial charge is 0.0728 e. The summed E-state index contributed by atoms with van der Waals surface area (Å²) in [6.07, 6.45) is 5.49. The van der Waals surface area contributed by atoms with E-state index < -0.39 is 0 Å². The molecule has 0 aromatic carbocycles. The summed E-state index contributed by atoms with van der Waals surface area (Å²) in [5, 5.41) is 3.48. The highest BCUT2D eigenvalue weighted by molar-refractivity contribution is 4.83. The molecule has 1 rings (SSSR count). The lowest BCUT2D eigenvalue weighted by Gasteiger charge is -2.20. The van der Waals surface area contributed by atoms with Gasteiger partial charge in [0.15, 0.2) is 0 Å². The average Bonchev–Trinajstić information content (AvgIpc) is 2.50. The highest BCUT2D eigenvalue weighted by atomic mass is 16.5. The number of rotatable bonds is 5. The molecular weight excluding hydrogens is 150 g/mol. The minimum absolute atomic E-state index is 0.491. The van der Waals surface area contributed by atoms with Gasteiger partial charge in [-0.1, -0.05) is 13.8 Å². The van der Waals surface area contributed by atoms with Gasteiger partial charge in [-0.15, -0.1) is 0 Å². The zero-order valence-electron chi connectivity index (χ0n) is 8.31. The van der Waals surface area contributed by atoms with Crippen molar-refractivity contribution in [3.8, 4) is 0 Å². The maximum Gasteiger partial charge on any atom is 0.0728 e. The van der Waals surface area contributed by atoms with Crippen LogP contribution in [0.15, 0.2) is 0 Å². The summed E-state index contributed by atoms with van der Waals surface area (Å²) >= 11 is 0. The first kappa shape index (κ1) is 10.0. The molecule has 1 N–H and O–H groups in total. The van der Waals surface area contributed by atoms with Gasteiger partial charge >= 0.3 is 0 Å². The lowest BCUT2D eigenvalue weighted by Crippen LogP contribution is -2.37. The Kier molecular flexibility index (Phi) is 4.62. The molecule has 72 valence electrons. The number of hydrogen-bond donors (Lipinski definition) is 1. The van der Waals surface area contributed by atoms with Crippen LogP contribution >= 0.6 is 0 Å². The predicted molar refractivity (Wildman–Crippen MR) is 51.3 cm³/mol. The molecule has 2 nitrogen and oxygen atoms in total. The van der Waals surface area contributed by atoms with Crippen LogP contribution in [0, 0.1) is 0 Å². The molecule has 1 aliphatic carbocycles. The molecule has 0 aromatic rings. The second-order valence-electron chi connectivity index (χ2n) is 3.50. The first-order chi connectivity index (χ1) is 5.88. The summed E-state index contributed by atoms with van der Waals surface area (Å²) in [5.41, 5.74) is 0. The molecule has 0 saturated heterocycles. The molecule has 0 aliphatic heterocycles. The standard InChI is InChI=1S/C10H21NO/c1-3-8-12-10-7-5-6-9(10)11-4-2/h9-11H,3-8H2,1-2H3. The van der Waals surface area contributed by atoms with Gasteiger partial charge in [0.25, 0.3) is 0 Å². The Morgan fingerprint density at radius 2 is 2.17 bits per heavy atom. The van der Waals surface area contributed by atoms with Gasteiger partial charge < -0.3 is 10.1 Å². The first-order valence-electron chi connectivity index (χ1n) is 5.23. The summed E-state index contributed by atoms with van der Waals surface area (Å²) in [6, 6.07) is 0.626. The minimum atomic E-state index is 0.491. The Balaban J connectivity index is 2.20. The molecule has 0 spiro atoms. The SMILES string of the molecule is CCCOC1CCCC1NCC. The minimum Gasteiger partial charge on any atom is -0.377 e. The molecule has 1 fully saturated rings. The van der Waals surface area contributed by atoms with Crippen LogP contribution in [-0.2, 0) is 4.74 Å². The van der Waals surface area contributed by atoms with E-state index in [1.165, 1.54) is 19.3 Å². The lowest BCUT2D eigenvalue weighted by molar-refractivity contribution is 0.0408. The van der Waals surface area contributed by atoms with Crippen molar-refractivity contribution in [3.05, 3.63) is 0 Å². The Hall–Kier alpha value is -0.0800. The molecule has 2 heteroatoms. The summed E-state index contributed by atoms with van der Waals surface area (Å²) in [7, 11) is 0. The van der Waals surface area contributed by atoms with Gasteiger partial charge in [0, 0.05) is 12.6 Å². The van der Waals surface area contributed by atoms with E-state index in [0.717, 1.165) is 19.6 Å². The summed E-state index contributed by atoms with van der Waals surface area (Å²) in [6.45, 7) is 6.32. The van der Waals surface area contributed by atoms with Gasteiger partial charge in [0.1, 0.15) is 0 Å². The van der Waals surface area contributed by atoms with E-state index in [1.807, 2.05) is 0 Å². The van der Waals surface area contributed by atoms with Crippen LogP contribution in [0.1, 0.15) is 39.5 Å². The molecule has 0 heterocycles. The highest BCUT2D eigenvalue weighted by Gasteiger charge is 2.26. The Labute approximate surface area is 75.7 Å². The number of ether oxygens (including phenoxy) is 1. The third kappa shape index (κ3) is 2.76. The Morgan fingerprint density at radius 3 is 2.83 bits per heavy atom. The molecule has 0 aromatic heterocycles. The van der Waals surface area contributed by atoms with Crippen LogP contribution in [-0.4, -0.2) is 25.3 Å². The molecule has 0 amide bonds. The molecule has 12 heavy (non-hydrogen) atoms. The van der Waals surface area contributed by atoms with Gasteiger partial charge in [-0.25, -0.2) is 0 Å². The van der Waals surface area contributed by atoms with Crippen molar-refractivity contribution in [1.82, 2.24) is 5.32 Å². The Morgan fingerprint density at radius 1 is 1.33 bits per heavy atom. The molecular formula is C10H21NO. The summed E-state index contributed by atoms with van der Waals surface area (Å²) < 4.78 is 5.75. The van der Waals surface area contributed by atoms with Crippen LogP contribution in [0.4, 0.5) is 0 Å². The first-order valence-corrected chi connectivity index (χ1v) is 5.23. The molecule has 1 saturated carbocycles. The number of likely N-dealkylation sites (N-methyl/N-ethyl adjacent to an activating group) is 1. The van der Waals surface area contributed by atoms with Crippen LogP contribution in [0.5, 0.6) is 0 Å².